The molecule has 1 unspecified atom stereocenters. The molecule has 0 fully saturated rings. The Labute approximate surface area is 230 Å². The molecule has 1 atom stereocenters. The summed E-state index contributed by atoms with van der Waals surface area (Å²) in [4.78, 5) is 41.6. The number of aliphatic hydroxyl groups is 2. The molecule has 40 heavy (non-hydrogen) atoms. The molecule has 0 aliphatic carbocycles. The molecule has 212 valence electrons. The third-order valence-electron chi connectivity index (χ3n) is 7.00. The highest BCUT2D eigenvalue weighted by Gasteiger charge is 2.34. The molecule has 12 nitrogen and oxygen atoms in total. The van der Waals surface area contributed by atoms with E-state index in [1.54, 1.807) is 10.6 Å². The van der Waals surface area contributed by atoms with Gasteiger partial charge in [0.25, 0.3) is 5.56 Å². The van der Waals surface area contributed by atoms with Crippen LogP contribution in [-0.4, -0.2) is 49.8 Å². The monoisotopic (exact) mass is 550 g/mol. The van der Waals surface area contributed by atoms with Crippen molar-refractivity contribution in [2.45, 2.75) is 53.5 Å². The normalized spacial score (nSPS) is 15.4. The van der Waals surface area contributed by atoms with Crippen LogP contribution in [0.25, 0.3) is 22.3 Å². The molecular formula is C28H34N6O6. The summed E-state index contributed by atoms with van der Waals surface area (Å²) in [5.41, 5.74) is 11.9. The van der Waals surface area contributed by atoms with E-state index in [9.17, 15) is 19.5 Å². The van der Waals surface area contributed by atoms with Gasteiger partial charge in [0.2, 0.25) is 5.91 Å². The van der Waals surface area contributed by atoms with Crippen molar-refractivity contribution in [2.24, 2.45) is 11.6 Å². The lowest BCUT2D eigenvalue weighted by atomic mass is 9.96. The highest BCUT2D eigenvalue weighted by Crippen LogP contribution is 2.38. The minimum absolute atomic E-state index is 0.0100. The Balaban J connectivity index is 0.00000181. The second-order valence-corrected chi connectivity index (χ2v) is 9.55. The number of nitrogens with two attached hydrogens (primary N) is 2. The zero-order valence-electron chi connectivity index (χ0n) is 22.9. The molecule has 4 heterocycles. The second kappa shape index (κ2) is 11.5. The second-order valence-electron chi connectivity index (χ2n) is 9.55. The van der Waals surface area contributed by atoms with E-state index in [1.807, 2.05) is 39.8 Å². The van der Waals surface area contributed by atoms with Crippen LogP contribution >= 0.6 is 0 Å². The number of nitrogens with zero attached hydrogens (tertiary/aromatic N) is 3. The van der Waals surface area contributed by atoms with Crippen LogP contribution < -0.4 is 22.5 Å². The van der Waals surface area contributed by atoms with Gasteiger partial charge in [-0.05, 0) is 48.7 Å². The SMILES string of the molecule is CC.Cc1cc2nc3c(c(CN(N)/C=C(\N)CNC(=O)CO)c2cc1C)Cn1c-3cc2c(c1=O)COC(=O)C2O. The number of hydrogen-bond donors (Lipinski definition) is 5. The van der Waals surface area contributed by atoms with Gasteiger partial charge >= 0.3 is 5.97 Å². The summed E-state index contributed by atoms with van der Waals surface area (Å²) in [6, 6.07) is 5.64. The van der Waals surface area contributed by atoms with Gasteiger partial charge in [-0.25, -0.2) is 15.6 Å². The molecule has 2 aromatic heterocycles. The van der Waals surface area contributed by atoms with Crippen LogP contribution in [0, 0.1) is 13.8 Å². The number of aryl methyl sites for hydroxylation is 2. The van der Waals surface area contributed by atoms with E-state index in [4.69, 9.17) is 26.4 Å². The smallest absolute Gasteiger partial charge is 0.340 e. The van der Waals surface area contributed by atoms with Crippen molar-refractivity contribution < 1.29 is 24.5 Å². The fourth-order valence-corrected chi connectivity index (χ4v) is 4.89. The Morgan fingerprint density at radius 2 is 1.93 bits per heavy atom. The Morgan fingerprint density at radius 3 is 2.62 bits per heavy atom. The highest BCUT2D eigenvalue weighted by atomic mass is 16.5. The third-order valence-corrected chi connectivity index (χ3v) is 7.00. The summed E-state index contributed by atoms with van der Waals surface area (Å²) in [7, 11) is 0. The number of cyclic esters (lactones) is 1. The number of pyridine rings is 2. The minimum atomic E-state index is -1.54. The Bertz CT molecular complexity index is 1590. The van der Waals surface area contributed by atoms with Gasteiger partial charge in [-0.15, -0.1) is 0 Å². The molecule has 12 heteroatoms. The van der Waals surface area contributed by atoms with Gasteiger partial charge in [-0.3, -0.25) is 9.59 Å². The summed E-state index contributed by atoms with van der Waals surface area (Å²) >= 11 is 0. The van der Waals surface area contributed by atoms with Gasteiger partial charge in [0.15, 0.2) is 6.10 Å². The fourth-order valence-electron chi connectivity index (χ4n) is 4.89. The number of nitrogens with one attached hydrogen (secondary N) is 1. The van der Waals surface area contributed by atoms with Crippen LogP contribution in [0.2, 0.25) is 0 Å². The largest absolute Gasteiger partial charge is 0.458 e. The molecule has 7 N–H and O–H groups in total. The molecule has 0 radical (unpaired) electrons. The highest BCUT2D eigenvalue weighted by molar-refractivity contribution is 5.89. The maximum atomic E-state index is 13.4. The average molecular weight is 551 g/mol. The van der Waals surface area contributed by atoms with Crippen molar-refractivity contribution in [1.29, 1.82) is 0 Å². The lowest BCUT2D eigenvalue weighted by Gasteiger charge is -2.21. The van der Waals surface area contributed by atoms with Gasteiger partial charge in [0.05, 0.1) is 42.1 Å². The molecule has 3 aromatic rings. The van der Waals surface area contributed by atoms with Crippen molar-refractivity contribution >= 4 is 22.8 Å². The summed E-state index contributed by atoms with van der Waals surface area (Å²) in [6.07, 6.45) is -0.0471. The number of hydrogen-bond acceptors (Lipinski definition) is 10. The maximum Gasteiger partial charge on any atom is 0.340 e. The first-order chi connectivity index (χ1) is 19.1. The Kier molecular flexibility index (Phi) is 8.24. The molecule has 1 amide bonds. The van der Waals surface area contributed by atoms with Gasteiger partial charge in [0, 0.05) is 28.4 Å². The van der Waals surface area contributed by atoms with Crippen molar-refractivity contribution in [1.82, 2.24) is 19.9 Å². The Hall–Kier alpha value is -4.26. The van der Waals surface area contributed by atoms with E-state index in [0.717, 1.165) is 27.6 Å². The number of carbonyl (C=O) groups is 2. The first-order valence-electron chi connectivity index (χ1n) is 13.0. The first kappa shape index (κ1) is 28.7. The molecule has 1 aromatic carbocycles. The molecule has 0 saturated heterocycles. The van der Waals surface area contributed by atoms with Crippen molar-refractivity contribution in [3.05, 3.63) is 73.8 Å². The first-order valence-corrected chi connectivity index (χ1v) is 13.0. The molecule has 0 saturated carbocycles. The summed E-state index contributed by atoms with van der Waals surface area (Å²) in [5, 5.41) is 24.0. The van der Waals surface area contributed by atoms with Crippen LogP contribution in [0.5, 0.6) is 0 Å². The Morgan fingerprint density at radius 1 is 1.23 bits per heavy atom. The fraction of sp³-hybridized carbons (Fsp3) is 0.357. The van der Waals surface area contributed by atoms with Gasteiger partial charge in [-0.1, -0.05) is 13.8 Å². The van der Waals surface area contributed by atoms with Crippen LogP contribution in [0.4, 0.5) is 0 Å². The number of fused-ring (bicyclic) bond motifs is 5. The molecule has 2 aliphatic rings. The van der Waals surface area contributed by atoms with Crippen LogP contribution in [-0.2, 0) is 34.0 Å². The number of aliphatic hydroxyl groups excluding tert-OH is 2. The van der Waals surface area contributed by atoms with Crippen LogP contribution in [0.3, 0.4) is 0 Å². The van der Waals surface area contributed by atoms with E-state index in [1.165, 1.54) is 11.2 Å². The number of amides is 1. The van der Waals surface area contributed by atoms with Crippen molar-refractivity contribution in [2.75, 3.05) is 13.2 Å². The number of carbonyl (C=O) groups excluding carboxylic acids is 2. The zero-order valence-corrected chi connectivity index (χ0v) is 22.9. The topological polar surface area (TPSA) is 186 Å². The maximum absolute atomic E-state index is 13.4. The van der Waals surface area contributed by atoms with E-state index in [-0.39, 0.29) is 48.6 Å². The number of hydrazine groups is 1. The lowest BCUT2D eigenvalue weighted by molar-refractivity contribution is -0.157. The van der Waals surface area contributed by atoms with Gasteiger partial charge in [0.1, 0.15) is 13.2 Å². The van der Waals surface area contributed by atoms with E-state index >= 15 is 0 Å². The summed E-state index contributed by atoms with van der Waals surface area (Å²) in [5.74, 6) is 4.95. The number of aromatic nitrogens is 2. The van der Waals surface area contributed by atoms with Crippen molar-refractivity contribution in [3.63, 3.8) is 0 Å². The molecule has 5 rings (SSSR count). The molecule has 0 bridgehead atoms. The lowest BCUT2D eigenvalue weighted by Crippen LogP contribution is -2.33. The standard InChI is InChI=1S/C26H28N6O6.C2H6/c1-12-3-15-17(8-31(28)7-14(27)6-29-22(34)10-33)18-9-32-21(23(18)30-20(15)4-13(12)2)5-16-19(25(32)36)11-38-26(37)24(16)35;1-2/h3-5,7,24,33,35H,6,8-11,27-28H2,1-2H3,(H,29,34);1-2H3/b14-7-;. The summed E-state index contributed by atoms with van der Waals surface area (Å²) in [6.45, 7) is 7.59. The predicted molar refractivity (Wildman–Crippen MR) is 148 cm³/mol. The number of benzene rings is 1. The molecule has 0 spiro atoms. The van der Waals surface area contributed by atoms with Crippen LogP contribution in [0.1, 0.15) is 53.3 Å². The molecule has 2 aliphatic heterocycles. The van der Waals surface area contributed by atoms with Crippen LogP contribution in [0.15, 0.2) is 34.9 Å². The number of esters is 1. The van der Waals surface area contributed by atoms with E-state index in [2.05, 4.69) is 5.32 Å². The number of rotatable bonds is 6. The van der Waals surface area contributed by atoms with Crippen molar-refractivity contribution in [3.8, 4) is 11.4 Å². The van der Waals surface area contributed by atoms with E-state index in [0.29, 0.717) is 16.9 Å². The number of ether oxygens (including phenoxy) is 1. The van der Waals surface area contributed by atoms with E-state index < -0.39 is 24.6 Å². The average Bonchev–Trinajstić information content (AvgIpc) is 3.30. The predicted octanol–water partition coefficient (Wildman–Crippen LogP) is 0.743. The van der Waals surface area contributed by atoms with Gasteiger partial charge < -0.3 is 35.6 Å². The van der Waals surface area contributed by atoms with Gasteiger partial charge in [-0.2, -0.15) is 0 Å². The quantitative estimate of drug-likeness (QED) is 0.130. The minimum Gasteiger partial charge on any atom is -0.458 e. The molecular weight excluding hydrogens is 516 g/mol. The summed E-state index contributed by atoms with van der Waals surface area (Å²) < 4.78 is 6.55. The third kappa shape index (κ3) is 5.16. The zero-order chi connectivity index (χ0) is 29.3.